The zero-order valence-corrected chi connectivity index (χ0v) is 15.8. The lowest BCUT2D eigenvalue weighted by molar-refractivity contribution is 0.557. The molecule has 0 aliphatic heterocycles. The van der Waals surface area contributed by atoms with E-state index in [9.17, 15) is 4.79 Å². The molecular formula is C20H20ClNO2S. The molecule has 0 bridgehead atoms. The Bertz CT molecular complexity index is 935. The maximum atomic E-state index is 11.8. The van der Waals surface area contributed by atoms with Crippen LogP contribution in [0, 0.1) is 13.8 Å². The predicted octanol–water partition coefficient (Wildman–Crippen LogP) is 4.95. The predicted molar refractivity (Wildman–Crippen MR) is 106 cm³/mol. The average Bonchev–Trinajstić information content (AvgIpc) is 2.58. The minimum Gasteiger partial charge on any atom is -0.423 e. The molecule has 0 aliphatic rings. The molecule has 0 aliphatic carbocycles. The first-order valence-corrected chi connectivity index (χ1v) is 9.52. The second kappa shape index (κ2) is 8.09. The molecular weight excluding hydrogens is 354 g/mol. The highest BCUT2D eigenvalue weighted by Crippen LogP contribution is 2.22. The van der Waals surface area contributed by atoms with Gasteiger partial charge in [-0.05, 0) is 66.9 Å². The molecule has 3 rings (SSSR count). The van der Waals surface area contributed by atoms with Crippen molar-refractivity contribution in [3.63, 3.8) is 0 Å². The Kier molecular flexibility index (Phi) is 5.84. The summed E-state index contributed by atoms with van der Waals surface area (Å²) in [5.74, 6) is 0.944. The van der Waals surface area contributed by atoms with Crippen molar-refractivity contribution in [2.24, 2.45) is 0 Å². The molecule has 1 heterocycles. The van der Waals surface area contributed by atoms with Crippen LogP contribution in [0.2, 0.25) is 5.02 Å². The normalized spacial score (nSPS) is 11.2. The van der Waals surface area contributed by atoms with Crippen molar-refractivity contribution >= 4 is 34.3 Å². The summed E-state index contributed by atoms with van der Waals surface area (Å²) in [5.41, 5.74) is 3.65. The van der Waals surface area contributed by atoms with Crippen LogP contribution in [0.5, 0.6) is 0 Å². The van der Waals surface area contributed by atoms with E-state index in [1.807, 2.05) is 37.3 Å². The van der Waals surface area contributed by atoms with Gasteiger partial charge in [-0.3, -0.25) is 0 Å². The smallest absolute Gasteiger partial charge is 0.336 e. The first-order chi connectivity index (χ1) is 12.0. The highest BCUT2D eigenvalue weighted by atomic mass is 35.5. The first kappa shape index (κ1) is 18.1. The van der Waals surface area contributed by atoms with Crippen molar-refractivity contribution in [2.45, 2.75) is 25.3 Å². The summed E-state index contributed by atoms with van der Waals surface area (Å²) >= 11 is 7.66. The molecule has 25 heavy (non-hydrogen) atoms. The Morgan fingerprint density at radius 2 is 1.80 bits per heavy atom. The zero-order chi connectivity index (χ0) is 17.8. The Morgan fingerprint density at radius 1 is 1.08 bits per heavy atom. The largest absolute Gasteiger partial charge is 0.423 e. The van der Waals surface area contributed by atoms with Crippen molar-refractivity contribution in [2.75, 3.05) is 12.3 Å². The van der Waals surface area contributed by atoms with Gasteiger partial charge in [0.05, 0.1) is 0 Å². The Labute approximate surface area is 156 Å². The molecule has 3 aromatic rings. The molecule has 1 N–H and O–H groups in total. The van der Waals surface area contributed by atoms with Gasteiger partial charge >= 0.3 is 5.63 Å². The lowest BCUT2D eigenvalue weighted by Crippen LogP contribution is -2.18. The SMILES string of the molecule is Cc1cc2oc(=O)cc(CNCCSc3ccc(Cl)cc3)c2cc1C. The van der Waals surface area contributed by atoms with E-state index in [1.165, 1.54) is 10.5 Å². The summed E-state index contributed by atoms with van der Waals surface area (Å²) in [6, 6.07) is 13.4. The van der Waals surface area contributed by atoms with Gasteiger partial charge in [-0.1, -0.05) is 11.6 Å². The number of fused-ring (bicyclic) bond motifs is 1. The summed E-state index contributed by atoms with van der Waals surface area (Å²) in [6.07, 6.45) is 0. The van der Waals surface area contributed by atoms with Gasteiger partial charge in [0.1, 0.15) is 5.58 Å². The minimum atomic E-state index is -0.303. The highest BCUT2D eigenvalue weighted by Gasteiger charge is 2.07. The lowest BCUT2D eigenvalue weighted by Gasteiger charge is -2.09. The first-order valence-electron chi connectivity index (χ1n) is 8.16. The third kappa shape index (κ3) is 4.66. The topological polar surface area (TPSA) is 42.2 Å². The van der Waals surface area contributed by atoms with Crippen LogP contribution in [0.15, 0.2) is 56.6 Å². The van der Waals surface area contributed by atoms with Crippen LogP contribution in [0.1, 0.15) is 16.7 Å². The minimum absolute atomic E-state index is 0.303. The van der Waals surface area contributed by atoms with E-state index < -0.39 is 0 Å². The summed E-state index contributed by atoms with van der Waals surface area (Å²) in [6.45, 7) is 5.58. The molecule has 0 spiro atoms. The number of thioether (sulfide) groups is 1. The monoisotopic (exact) mass is 373 g/mol. The fraction of sp³-hybridized carbons (Fsp3) is 0.250. The van der Waals surface area contributed by atoms with Crippen molar-refractivity contribution in [3.8, 4) is 0 Å². The van der Waals surface area contributed by atoms with Crippen molar-refractivity contribution in [1.29, 1.82) is 0 Å². The number of rotatable bonds is 6. The van der Waals surface area contributed by atoms with Crippen LogP contribution in [0.3, 0.4) is 0 Å². The molecule has 0 saturated carbocycles. The quantitative estimate of drug-likeness (QED) is 0.377. The van der Waals surface area contributed by atoms with Crippen LogP contribution < -0.4 is 10.9 Å². The number of benzene rings is 2. The van der Waals surface area contributed by atoms with Gasteiger partial charge in [0.15, 0.2) is 0 Å². The summed E-state index contributed by atoms with van der Waals surface area (Å²) in [5, 5.41) is 5.16. The summed E-state index contributed by atoms with van der Waals surface area (Å²) < 4.78 is 5.33. The molecule has 0 saturated heterocycles. The second-order valence-corrected chi connectivity index (χ2v) is 7.61. The fourth-order valence-corrected chi connectivity index (χ4v) is 3.56. The number of aryl methyl sites for hydroxylation is 2. The Morgan fingerprint density at radius 3 is 2.56 bits per heavy atom. The van der Waals surface area contributed by atoms with E-state index >= 15 is 0 Å². The van der Waals surface area contributed by atoms with E-state index in [1.54, 1.807) is 17.8 Å². The highest BCUT2D eigenvalue weighted by molar-refractivity contribution is 7.99. The lowest BCUT2D eigenvalue weighted by atomic mass is 10.0. The number of hydrogen-bond acceptors (Lipinski definition) is 4. The van der Waals surface area contributed by atoms with Crippen LogP contribution in [-0.4, -0.2) is 12.3 Å². The molecule has 0 amide bonds. The van der Waals surface area contributed by atoms with Gasteiger partial charge in [-0.25, -0.2) is 4.79 Å². The molecule has 0 atom stereocenters. The van der Waals surface area contributed by atoms with Crippen LogP contribution in [0.25, 0.3) is 11.0 Å². The molecule has 5 heteroatoms. The van der Waals surface area contributed by atoms with E-state index in [4.69, 9.17) is 16.0 Å². The van der Waals surface area contributed by atoms with Gasteiger partial charge in [0.25, 0.3) is 0 Å². The van der Waals surface area contributed by atoms with Crippen LogP contribution >= 0.6 is 23.4 Å². The average molecular weight is 374 g/mol. The van der Waals surface area contributed by atoms with Gasteiger partial charge in [-0.2, -0.15) is 0 Å². The molecule has 3 nitrogen and oxygen atoms in total. The molecule has 130 valence electrons. The molecule has 0 radical (unpaired) electrons. The standard InChI is InChI=1S/C20H20ClNO2S/c1-13-9-18-15(11-20(23)24-19(18)10-14(13)2)12-22-7-8-25-17-5-3-16(21)4-6-17/h3-6,9-11,22H,7-8,12H2,1-2H3. The Hall–Kier alpha value is -1.75. The fourth-order valence-electron chi connectivity index (χ4n) is 2.62. The van der Waals surface area contributed by atoms with Crippen LogP contribution in [-0.2, 0) is 6.54 Å². The number of nitrogens with one attached hydrogen (secondary N) is 1. The second-order valence-electron chi connectivity index (χ2n) is 6.00. The third-order valence-corrected chi connectivity index (χ3v) is 5.39. The maximum Gasteiger partial charge on any atom is 0.336 e. The molecule has 0 unspecified atom stereocenters. The molecule has 2 aromatic carbocycles. The van der Waals surface area contributed by atoms with Gasteiger partial charge in [-0.15, -0.1) is 11.8 Å². The van der Waals surface area contributed by atoms with E-state index in [-0.39, 0.29) is 5.63 Å². The van der Waals surface area contributed by atoms with Gasteiger partial charge in [0, 0.05) is 40.2 Å². The summed E-state index contributed by atoms with van der Waals surface area (Å²) in [7, 11) is 0. The molecule has 1 aromatic heterocycles. The van der Waals surface area contributed by atoms with Gasteiger partial charge in [0.2, 0.25) is 0 Å². The van der Waals surface area contributed by atoms with E-state index in [2.05, 4.69) is 18.3 Å². The van der Waals surface area contributed by atoms with Gasteiger partial charge < -0.3 is 9.73 Å². The third-order valence-electron chi connectivity index (χ3n) is 4.12. The summed E-state index contributed by atoms with van der Waals surface area (Å²) in [4.78, 5) is 13.0. The molecule has 0 fully saturated rings. The van der Waals surface area contributed by atoms with E-state index in [0.29, 0.717) is 12.1 Å². The number of hydrogen-bond donors (Lipinski definition) is 1. The number of halogens is 1. The van der Waals surface area contributed by atoms with Crippen LogP contribution in [0.4, 0.5) is 0 Å². The van der Waals surface area contributed by atoms with Crippen molar-refractivity contribution in [1.82, 2.24) is 5.32 Å². The van der Waals surface area contributed by atoms with Crippen molar-refractivity contribution in [3.05, 3.63) is 74.6 Å². The van der Waals surface area contributed by atoms with Crippen molar-refractivity contribution < 1.29 is 4.42 Å². The Balaban J connectivity index is 1.62. The zero-order valence-electron chi connectivity index (χ0n) is 14.3. The van der Waals surface area contributed by atoms with E-state index in [0.717, 1.165) is 33.8 Å². The maximum absolute atomic E-state index is 11.8.